The number of hydrogen-bond acceptors (Lipinski definition) is 4. The standard InChI is InChI=1S/C16H21N3OS/c1-19(12-15-7-4-10-21-15)9-3-8-16(20)18-14-6-2-5-13(17)11-14/h2,4-7,10-11H,3,8-9,12,17H2,1H3,(H,18,20). The Morgan fingerprint density at radius 2 is 2.19 bits per heavy atom. The molecule has 0 saturated heterocycles. The first kappa shape index (κ1) is 15.5. The Balaban J connectivity index is 1.67. The fourth-order valence-electron chi connectivity index (χ4n) is 2.10. The molecule has 0 aliphatic heterocycles. The van der Waals surface area contributed by atoms with E-state index in [1.807, 2.05) is 12.1 Å². The highest BCUT2D eigenvalue weighted by Gasteiger charge is 2.05. The summed E-state index contributed by atoms with van der Waals surface area (Å²) in [6.07, 6.45) is 1.36. The summed E-state index contributed by atoms with van der Waals surface area (Å²) in [5, 5.41) is 4.95. The van der Waals surface area contributed by atoms with Crippen LogP contribution in [0.1, 0.15) is 17.7 Å². The highest BCUT2D eigenvalue weighted by Crippen LogP contribution is 2.13. The number of nitrogen functional groups attached to an aromatic ring is 1. The van der Waals surface area contributed by atoms with Crippen LogP contribution >= 0.6 is 11.3 Å². The van der Waals surface area contributed by atoms with Gasteiger partial charge in [-0.3, -0.25) is 4.79 Å². The molecule has 21 heavy (non-hydrogen) atoms. The number of nitrogens with zero attached hydrogens (tertiary/aromatic N) is 1. The summed E-state index contributed by atoms with van der Waals surface area (Å²) < 4.78 is 0. The van der Waals surface area contributed by atoms with Crippen LogP contribution in [-0.2, 0) is 11.3 Å². The third kappa shape index (κ3) is 5.57. The highest BCUT2D eigenvalue weighted by molar-refractivity contribution is 7.09. The van der Waals surface area contributed by atoms with E-state index in [9.17, 15) is 4.79 Å². The Bertz CT molecular complexity index is 569. The zero-order valence-corrected chi connectivity index (χ0v) is 13.0. The summed E-state index contributed by atoms with van der Waals surface area (Å²) in [5.41, 5.74) is 7.09. The number of rotatable bonds is 7. The largest absolute Gasteiger partial charge is 0.399 e. The van der Waals surface area contributed by atoms with Gasteiger partial charge in [0.05, 0.1) is 0 Å². The Hall–Kier alpha value is -1.85. The van der Waals surface area contributed by atoms with Gasteiger partial charge < -0.3 is 16.0 Å². The minimum atomic E-state index is 0.0325. The molecule has 0 radical (unpaired) electrons. The van der Waals surface area contributed by atoms with Crippen molar-refractivity contribution in [1.82, 2.24) is 4.90 Å². The van der Waals surface area contributed by atoms with Crippen LogP contribution in [-0.4, -0.2) is 24.4 Å². The molecule has 1 aromatic heterocycles. The van der Waals surface area contributed by atoms with Crippen molar-refractivity contribution in [3.05, 3.63) is 46.7 Å². The van der Waals surface area contributed by atoms with E-state index in [4.69, 9.17) is 5.73 Å². The Labute approximate surface area is 129 Å². The molecule has 1 amide bonds. The topological polar surface area (TPSA) is 58.4 Å². The van der Waals surface area contributed by atoms with Crippen LogP contribution in [0, 0.1) is 0 Å². The van der Waals surface area contributed by atoms with Crippen molar-refractivity contribution in [2.75, 3.05) is 24.6 Å². The molecule has 0 bridgehead atoms. The lowest BCUT2D eigenvalue weighted by molar-refractivity contribution is -0.116. The SMILES string of the molecule is CN(CCCC(=O)Nc1cccc(N)c1)Cc1cccs1. The van der Waals surface area contributed by atoms with Crippen LogP contribution in [0.4, 0.5) is 11.4 Å². The molecule has 3 N–H and O–H groups in total. The molecular formula is C16H21N3OS. The van der Waals surface area contributed by atoms with Crippen molar-refractivity contribution >= 4 is 28.6 Å². The van der Waals surface area contributed by atoms with Gasteiger partial charge in [-0.15, -0.1) is 11.3 Å². The number of carbonyl (C=O) groups excluding carboxylic acids is 1. The van der Waals surface area contributed by atoms with Gasteiger partial charge in [0, 0.05) is 29.2 Å². The van der Waals surface area contributed by atoms with Gasteiger partial charge in [0.2, 0.25) is 5.91 Å². The predicted molar refractivity (Wildman–Crippen MR) is 89.4 cm³/mol. The number of amides is 1. The maximum absolute atomic E-state index is 11.9. The average molecular weight is 303 g/mol. The van der Waals surface area contributed by atoms with E-state index in [1.165, 1.54) is 4.88 Å². The highest BCUT2D eigenvalue weighted by atomic mass is 32.1. The summed E-state index contributed by atoms with van der Waals surface area (Å²) in [4.78, 5) is 15.4. The Morgan fingerprint density at radius 3 is 2.90 bits per heavy atom. The van der Waals surface area contributed by atoms with Gasteiger partial charge >= 0.3 is 0 Å². The lowest BCUT2D eigenvalue weighted by atomic mass is 10.2. The van der Waals surface area contributed by atoms with Crippen molar-refractivity contribution in [1.29, 1.82) is 0 Å². The van der Waals surface area contributed by atoms with Gasteiger partial charge in [-0.2, -0.15) is 0 Å². The van der Waals surface area contributed by atoms with Crippen LogP contribution in [0.15, 0.2) is 41.8 Å². The van der Waals surface area contributed by atoms with Crippen LogP contribution in [0.25, 0.3) is 0 Å². The van der Waals surface area contributed by atoms with E-state index < -0.39 is 0 Å². The van der Waals surface area contributed by atoms with Crippen molar-refractivity contribution in [2.24, 2.45) is 0 Å². The minimum absolute atomic E-state index is 0.0325. The number of thiophene rings is 1. The molecule has 2 rings (SSSR count). The third-order valence-electron chi connectivity index (χ3n) is 3.12. The maximum atomic E-state index is 11.9. The second-order valence-electron chi connectivity index (χ2n) is 5.09. The molecule has 112 valence electrons. The van der Waals surface area contributed by atoms with Crippen molar-refractivity contribution in [3.63, 3.8) is 0 Å². The molecule has 0 aliphatic rings. The summed E-state index contributed by atoms with van der Waals surface area (Å²) >= 11 is 1.76. The van der Waals surface area contributed by atoms with E-state index in [0.29, 0.717) is 12.1 Å². The van der Waals surface area contributed by atoms with Crippen LogP contribution in [0.5, 0.6) is 0 Å². The molecule has 4 nitrogen and oxygen atoms in total. The van der Waals surface area contributed by atoms with E-state index in [1.54, 1.807) is 23.5 Å². The molecule has 5 heteroatoms. The van der Waals surface area contributed by atoms with Crippen LogP contribution < -0.4 is 11.1 Å². The van der Waals surface area contributed by atoms with Crippen LogP contribution in [0.2, 0.25) is 0 Å². The normalized spacial score (nSPS) is 10.8. The number of carbonyl (C=O) groups is 1. The zero-order valence-electron chi connectivity index (χ0n) is 12.2. The predicted octanol–water partition coefficient (Wildman–Crippen LogP) is 3.18. The summed E-state index contributed by atoms with van der Waals surface area (Å²) in [7, 11) is 2.08. The summed E-state index contributed by atoms with van der Waals surface area (Å²) in [5.74, 6) is 0.0325. The molecule has 0 spiro atoms. The average Bonchev–Trinajstić information content (AvgIpc) is 2.91. The summed E-state index contributed by atoms with van der Waals surface area (Å²) in [6.45, 7) is 1.84. The van der Waals surface area contributed by atoms with E-state index >= 15 is 0 Å². The quantitative estimate of drug-likeness (QED) is 0.772. The van der Waals surface area contributed by atoms with Crippen molar-refractivity contribution in [2.45, 2.75) is 19.4 Å². The molecule has 1 aromatic carbocycles. The number of hydrogen-bond donors (Lipinski definition) is 2. The number of benzene rings is 1. The van der Waals surface area contributed by atoms with Gasteiger partial charge in [-0.1, -0.05) is 12.1 Å². The first-order valence-corrected chi connectivity index (χ1v) is 7.88. The molecule has 0 atom stereocenters. The molecule has 0 fully saturated rings. The molecule has 0 aliphatic carbocycles. The summed E-state index contributed by atoms with van der Waals surface area (Å²) in [6, 6.07) is 11.4. The number of nitrogens with two attached hydrogens (primary N) is 1. The zero-order chi connectivity index (χ0) is 15.1. The molecule has 0 unspecified atom stereocenters. The fourth-order valence-corrected chi connectivity index (χ4v) is 2.88. The molecule has 0 saturated carbocycles. The first-order chi connectivity index (χ1) is 10.1. The van der Waals surface area contributed by atoms with Gasteiger partial charge in [-0.05, 0) is 49.7 Å². The molecule has 2 aromatic rings. The van der Waals surface area contributed by atoms with Gasteiger partial charge in [0.25, 0.3) is 0 Å². The second-order valence-corrected chi connectivity index (χ2v) is 6.13. The van der Waals surface area contributed by atoms with E-state index in [-0.39, 0.29) is 5.91 Å². The van der Waals surface area contributed by atoms with Gasteiger partial charge in [0.1, 0.15) is 0 Å². The van der Waals surface area contributed by atoms with Gasteiger partial charge in [-0.25, -0.2) is 0 Å². The second kappa shape index (κ2) is 7.81. The third-order valence-corrected chi connectivity index (χ3v) is 3.98. The fraction of sp³-hybridized carbons (Fsp3) is 0.312. The monoisotopic (exact) mass is 303 g/mol. The lowest BCUT2D eigenvalue weighted by Crippen LogP contribution is -2.20. The first-order valence-electron chi connectivity index (χ1n) is 7.00. The maximum Gasteiger partial charge on any atom is 0.224 e. The van der Waals surface area contributed by atoms with Crippen LogP contribution in [0.3, 0.4) is 0 Å². The Kier molecular flexibility index (Phi) is 5.78. The molecule has 1 heterocycles. The number of nitrogens with one attached hydrogen (secondary N) is 1. The lowest BCUT2D eigenvalue weighted by Gasteiger charge is -2.15. The smallest absolute Gasteiger partial charge is 0.224 e. The van der Waals surface area contributed by atoms with E-state index in [0.717, 1.165) is 25.2 Å². The molecular weight excluding hydrogens is 282 g/mol. The Morgan fingerprint density at radius 1 is 1.33 bits per heavy atom. The number of anilines is 2. The van der Waals surface area contributed by atoms with Gasteiger partial charge in [0.15, 0.2) is 0 Å². The van der Waals surface area contributed by atoms with Crippen molar-refractivity contribution in [3.8, 4) is 0 Å². The minimum Gasteiger partial charge on any atom is -0.399 e. The van der Waals surface area contributed by atoms with Crippen molar-refractivity contribution < 1.29 is 4.79 Å². The van der Waals surface area contributed by atoms with E-state index in [2.05, 4.69) is 34.8 Å².